The van der Waals surface area contributed by atoms with Crippen LogP contribution in [0.25, 0.3) is 22.2 Å². The van der Waals surface area contributed by atoms with Gasteiger partial charge in [0.2, 0.25) is 5.91 Å². The zero-order valence-electron chi connectivity index (χ0n) is 18.8. The number of ether oxygens (including phenoxy) is 1. The lowest BCUT2D eigenvalue weighted by molar-refractivity contribution is -0.121. The summed E-state index contributed by atoms with van der Waals surface area (Å²) >= 11 is 5.96. The predicted octanol–water partition coefficient (Wildman–Crippen LogP) is 3.95. The Morgan fingerprint density at radius 2 is 1.79 bits per heavy atom. The summed E-state index contributed by atoms with van der Waals surface area (Å²) in [7, 11) is 0. The molecule has 2 aromatic carbocycles. The van der Waals surface area contributed by atoms with Crippen molar-refractivity contribution >= 4 is 34.4 Å². The first-order valence-corrected chi connectivity index (χ1v) is 11.8. The number of anilines is 1. The maximum Gasteiger partial charge on any atom is 0.239 e. The standard InChI is InChI=1S/C26H26ClN5O2/c27-21-8-6-19(7-9-21)10-11-28-23(33)17-32-16-22(20-4-2-1-3-5-20)24-25(32)26(30-18-29-24)31-12-14-34-15-13-31/h1-9,16,18H,10-15,17H2,(H,28,33). The first kappa shape index (κ1) is 22.4. The van der Waals surface area contributed by atoms with E-state index in [-0.39, 0.29) is 12.5 Å². The first-order chi connectivity index (χ1) is 16.7. The molecule has 174 valence electrons. The molecule has 1 aliphatic rings. The van der Waals surface area contributed by atoms with Crippen molar-refractivity contribution in [2.75, 3.05) is 37.7 Å². The molecule has 5 rings (SSSR count). The highest BCUT2D eigenvalue weighted by atomic mass is 35.5. The Bertz CT molecular complexity index is 1270. The van der Waals surface area contributed by atoms with E-state index in [4.69, 9.17) is 16.3 Å². The highest BCUT2D eigenvalue weighted by Crippen LogP contribution is 2.33. The van der Waals surface area contributed by atoms with Crippen molar-refractivity contribution < 1.29 is 9.53 Å². The van der Waals surface area contributed by atoms with Crippen LogP contribution in [0.1, 0.15) is 5.56 Å². The maximum absolute atomic E-state index is 12.9. The van der Waals surface area contributed by atoms with Crippen LogP contribution in [-0.4, -0.2) is 53.3 Å². The summed E-state index contributed by atoms with van der Waals surface area (Å²) < 4.78 is 7.50. The molecular formula is C26H26ClN5O2. The fourth-order valence-corrected chi connectivity index (χ4v) is 4.41. The second-order valence-electron chi connectivity index (χ2n) is 8.26. The van der Waals surface area contributed by atoms with E-state index >= 15 is 0 Å². The number of amides is 1. The Kier molecular flexibility index (Phi) is 6.74. The summed E-state index contributed by atoms with van der Waals surface area (Å²) in [5, 5.41) is 3.75. The van der Waals surface area contributed by atoms with Gasteiger partial charge >= 0.3 is 0 Å². The van der Waals surface area contributed by atoms with Crippen LogP contribution in [0.15, 0.2) is 67.1 Å². The molecule has 3 heterocycles. The molecule has 0 bridgehead atoms. The molecule has 0 spiro atoms. The molecule has 2 aromatic heterocycles. The third kappa shape index (κ3) is 4.90. The van der Waals surface area contributed by atoms with Crippen LogP contribution in [0.2, 0.25) is 5.02 Å². The third-order valence-electron chi connectivity index (χ3n) is 5.99. The van der Waals surface area contributed by atoms with Crippen molar-refractivity contribution in [1.82, 2.24) is 19.9 Å². The van der Waals surface area contributed by atoms with Crippen LogP contribution >= 0.6 is 11.6 Å². The van der Waals surface area contributed by atoms with Gasteiger partial charge in [0.25, 0.3) is 0 Å². The minimum Gasteiger partial charge on any atom is -0.378 e. The molecule has 0 atom stereocenters. The summed E-state index contributed by atoms with van der Waals surface area (Å²) in [5.74, 6) is 0.784. The molecule has 0 radical (unpaired) electrons. The Hall–Kier alpha value is -3.42. The molecule has 0 saturated carbocycles. The van der Waals surface area contributed by atoms with E-state index in [2.05, 4.69) is 32.3 Å². The minimum absolute atomic E-state index is 0.0535. The number of benzene rings is 2. The van der Waals surface area contributed by atoms with Crippen LogP contribution in [0.5, 0.6) is 0 Å². The SMILES string of the molecule is O=C(Cn1cc(-c2ccccc2)c2ncnc(N3CCOCC3)c21)NCCc1ccc(Cl)cc1. The zero-order chi connectivity index (χ0) is 23.3. The Morgan fingerprint density at radius 3 is 2.56 bits per heavy atom. The normalized spacial score (nSPS) is 13.9. The number of halogens is 1. The zero-order valence-corrected chi connectivity index (χ0v) is 19.5. The van der Waals surface area contributed by atoms with Crippen molar-refractivity contribution in [1.29, 1.82) is 0 Å². The highest BCUT2D eigenvalue weighted by Gasteiger charge is 2.22. The van der Waals surface area contributed by atoms with Crippen molar-refractivity contribution in [3.05, 3.63) is 77.7 Å². The second kappa shape index (κ2) is 10.2. The van der Waals surface area contributed by atoms with Crippen molar-refractivity contribution in [2.45, 2.75) is 13.0 Å². The molecule has 1 aliphatic heterocycles. The van der Waals surface area contributed by atoms with Crippen LogP contribution in [0, 0.1) is 0 Å². The molecule has 4 aromatic rings. The van der Waals surface area contributed by atoms with Crippen molar-refractivity contribution in [3.8, 4) is 11.1 Å². The summed E-state index contributed by atoms with van der Waals surface area (Å²) in [6.45, 7) is 3.56. The second-order valence-corrected chi connectivity index (χ2v) is 8.69. The average Bonchev–Trinajstić information content (AvgIpc) is 3.25. The topological polar surface area (TPSA) is 72.3 Å². The van der Waals surface area contributed by atoms with E-state index in [1.807, 2.05) is 53.2 Å². The molecule has 8 heteroatoms. The van der Waals surface area contributed by atoms with E-state index < -0.39 is 0 Å². The number of carbonyl (C=O) groups excluding carboxylic acids is 1. The van der Waals surface area contributed by atoms with Crippen molar-refractivity contribution in [3.63, 3.8) is 0 Å². The number of hydrogen-bond donors (Lipinski definition) is 1. The lowest BCUT2D eigenvalue weighted by Gasteiger charge is -2.28. The number of rotatable bonds is 7. The molecule has 34 heavy (non-hydrogen) atoms. The lowest BCUT2D eigenvalue weighted by Crippen LogP contribution is -2.37. The van der Waals surface area contributed by atoms with E-state index in [1.54, 1.807) is 6.33 Å². The number of nitrogens with one attached hydrogen (secondary N) is 1. The highest BCUT2D eigenvalue weighted by molar-refractivity contribution is 6.30. The van der Waals surface area contributed by atoms with Gasteiger partial charge in [0.05, 0.1) is 13.2 Å². The van der Waals surface area contributed by atoms with Crippen LogP contribution in [-0.2, 0) is 22.5 Å². The average molecular weight is 476 g/mol. The first-order valence-electron chi connectivity index (χ1n) is 11.4. The van der Waals surface area contributed by atoms with Gasteiger partial charge in [0.15, 0.2) is 5.82 Å². The van der Waals surface area contributed by atoms with E-state index in [1.165, 1.54) is 0 Å². The molecule has 0 aliphatic carbocycles. The molecule has 7 nitrogen and oxygen atoms in total. The van der Waals surface area contributed by atoms with E-state index in [9.17, 15) is 4.79 Å². The molecule has 1 N–H and O–H groups in total. The molecule has 1 saturated heterocycles. The maximum atomic E-state index is 12.9. The largest absolute Gasteiger partial charge is 0.378 e. The number of nitrogens with zero attached hydrogens (tertiary/aromatic N) is 4. The van der Waals surface area contributed by atoms with Crippen LogP contribution in [0.3, 0.4) is 0 Å². The van der Waals surface area contributed by atoms with Gasteiger partial charge in [-0.3, -0.25) is 4.79 Å². The summed E-state index contributed by atoms with van der Waals surface area (Å²) in [5.41, 5.74) is 4.89. The summed E-state index contributed by atoms with van der Waals surface area (Å²) in [6.07, 6.45) is 4.36. The monoisotopic (exact) mass is 475 g/mol. The number of hydrogen-bond acceptors (Lipinski definition) is 5. The Labute approximate surface area is 203 Å². The molecular weight excluding hydrogens is 450 g/mol. The van der Waals surface area contributed by atoms with Crippen LogP contribution < -0.4 is 10.2 Å². The fraction of sp³-hybridized carbons (Fsp3) is 0.269. The predicted molar refractivity (Wildman–Crippen MR) is 134 cm³/mol. The number of aromatic nitrogens is 3. The van der Waals surface area contributed by atoms with E-state index in [0.29, 0.717) is 24.8 Å². The van der Waals surface area contributed by atoms with Gasteiger partial charge in [-0.1, -0.05) is 54.1 Å². The van der Waals surface area contributed by atoms with Gasteiger partial charge in [-0.15, -0.1) is 0 Å². The summed E-state index contributed by atoms with van der Waals surface area (Å²) in [6, 6.07) is 17.8. The van der Waals surface area contributed by atoms with Gasteiger partial charge in [-0.05, 0) is 29.7 Å². The van der Waals surface area contributed by atoms with Gasteiger partial charge in [-0.2, -0.15) is 0 Å². The third-order valence-corrected chi connectivity index (χ3v) is 6.24. The minimum atomic E-state index is -0.0535. The van der Waals surface area contributed by atoms with Crippen LogP contribution in [0.4, 0.5) is 5.82 Å². The number of carbonyl (C=O) groups is 1. The van der Waals surface area contributed by atoms with E-state index in [0.717, 1.165) is 53.1 Å². The van der Waals surface area contributed by atoms with Crippen molar-refractivity contribution in [2.24, 2.45) is 0 Å². The molecule has 0 unspecified atom stereocenters. The van der Waals surface area contributed by atoms with Gasteiger partial charge in [0.1, 0.15) is 23.9 Å². The molecule has 1 amide bonds. The molecule has 1 fully saturated rings. The smallest absolute Gasteiger partial charge is 0.239 e. The number of morpholine rings is 1. The van der Waals surface area contributed by atoms with Gasteiger partial charge < -0.3 is 19.5 Å². The Morgan fingerprint density at radius 1 is 1.03 bits per heavy atom. The Balaban J connectivity index is 1.41. The van der Waals surface area contributed by atoms with Gasteiger partial charge in [0, 0.05) is 36.4 Å². The fourth-order valence-electron chi connectivity index (χ4n) is 4.28. The summed E-state index contributed by atoms with van der Waals surface area (Å²) in [4.78, 5) is 24.3. The van der Waals surface area contributed by atoms with Gasteiger partial charge in [-0.25, -0.2) is 9.97 Å². The number of fused-ring (bicyclic) bond motifs is 1. The lowest BCUT2D eigenvalue weighted by atomic mass is 10.1. The quantitative estimate of drug-likeness (QED) is 0.438.